The Hall–Kier alpha value is -2.09. The van der Waals surface area contributed by atoms with Crippen molar-refractivity contribution < 1.29 is 4.79 Å². The zero-order chi connectivity index (χ0) is 18.5. The molecule has 0 aliphatic carbocycles. The Morgan fingerprint density at radius 1 is 1.19 bits per heavy atom. The summed E-state index contributed by atoms with van der Waals surface area (Å²) in [6, 6.07) is 10.2. The minimum atomic E-state index is -0.166. The van der Waals surface area contributed by atoms with Crippen LogP contribution >= 0.6 is 22.7 Å². The number of thiophene rings is 1. The van der Waals surface area contributed by atoms with Gasteiger partial charge >= 0.3 is 0 Å². The minimum Gasteiger partial charge on any atom is -0.297 e. The number of nitrogens with zero attached hydrogens (tertiary/aromatic N) is 3. The van der Waals surface area contributed by atoms with Crippen LogP contribution in [-0.4, -0.2) is 33.6 Å². The number of carbonyl (C=O) groups is 1. The SMILES string of the molecule is CCN(Cc1ccc(C(=O)Nc2nnc(-c3ccsc3)s2)cc1)C(C)C. The second-order valence-corrected chi connectivity index (χ2v) is 7.99. The first-order valence-electron chi connectivity index (χ1n) is 8.57. The summed E-state index contributed by atoms with van der Waals surface area (Å²) in [7, 11) is 0. The fourth-order valence-electron chi connectivity index (χ4n) is 2.60. The van der Waals surface area contributed by atoms with Gasteiger partial charge in [0.25, 0.3) is 5.91 Å². The van der Waals surface area contributed by atoms with E-state index < -0.39 is 0 Å². The Balaban J connectivity index is 1.63. The number of rotatable bonds is 7. The van der Waals surface area contributed by atoms with Crippen LogP contribution in [0.2, 0.25) is 0 Å². The summed E-state index contributed by atoms with van der Waals surface area (Å²) < 4.78 is 0. The number of nitrogens with one attached hydrogen (secondary N) is 1. The molecule has 0 atom stereocenters. The molecule has 1 amide bonds. The predicted molar refractivity (Wildman–Crippen MR) is 109 cm³/mol. The largest absolute Gasteiger partial charge is 0.297 e. The molecular formula is C19H22N4OS2. The summed E-state index contributed by atoms with van der Waals surface area (Å²) in [5.74, 6) is -0.166. The lowest BCUT2D eigenvalue weighted by Crippen LogP contribution is -2.29. The zero-order valence-corrected chi connectivity index (χ0v) is 16.7. The van der Waals surface area contributed by atoms with Crippen molar-refractivity contribution in [1.29, 1.82) is 0 Å². The van der Waals surface area contributed by atoms with Gasteiger partial charge in [0.2, 0.25) is 5.13 Å². The van der Waals surface area contributed by atoms with Crippen LogP contribution < -0.4 is 5.32 Å². The summed E-state index contributed by atoms with van der Waals surface area (Å²) in [6.45, 7) is 8.43. The molecule has 26 heavy (non-hydrogen) atoms. The van der Waals surface area contributed by atoms with Crippen LogP contribution in [0.3, 0.4) is 0 Å². The smallest absolute Gasteiger partial charge is 0.257 e. The molecule has 7 heteroatoms. The average Bonchev–Trinajstić information content (AvgIpc) is 3.31. The van der Waals surface area contributed by atoms with Crippen molar-refractivity contribution in [3.63, 3.8) is 0 Å². The Kier molecular flexibility index (Phi) is 6.13. The lowest BCUT2D eigenvalue weighted by molar-refractivity contribution is 0.102. The van der Waals surface area contributed by atoms with Crippen LogP contribution in [0.1, 0.15) is 36.7 Å². The van der Waals surface area contributed by atoms with Crippen LogP contribution in [-0.2, 0) is 6.54 Å². The fourth-order valence-corrected chi connectivity index (χ4v) is 4.05. The van der Waals surface area contributed by atoms with E-state index in [4.69, 9.17) is 0 Å². The predicted octanol–water partition coefficient (Wildman–Crippen LogP) is 4.75. The first-order chi connectivity index (χ1) is 12.6. The molecule has 3 aromatic rings. The maximum atomic E-state index is 12.4. The number of benzene rings is 1. The van der Waals surface area contributed by atoms with Gasteiger partial charge in [0, 0.05) is 29.1 Å². The third kappa shape index (κ3) is 4.55. The van der Waals surface area contributed by atoms with Gasteiger partial charge in [0.1, 0.15) is 5.01 Å². The number of carbonyl (C=O) groups excluding carboxylic acids is 1. The Labute approximate surface area is 161 Å². The van der Waals surface area contributed by atoms with Gasteiger partial charge in [-0.15, -0.1) is 10.2 Å². The third-order valence-electron chi connectivity index (χ3n) is 4.15. The van der Waals surface area contributed by atoms with E-state index in [1.54, 1.807) is 11.3 Å². The van der Waals surface area contributed by atoms with Gasteiger partial charge in [-0.05, 0) is 49.5 Å². The van der Waals surface area contributed by atoms with E-state index in [2.05, 4.69) is 41.2 Å². The number of hydrogen-bond donors (Lipinski definition) is 1. The highest BCUT2D eigenvalue weighted by Gasteiger charge is 2.12. The molecule has 2 aromatic heterocycles. The van der Waals surface area contributed by atoms with Crippen molar-refractivity contribution in [2.75, 3.05) is 11.9 Å². The molecule has 0 saturated heterocycles. The standard InChI is InChI=1S/C19H22N4OS2/c1-4-23(13(2)3)11-14-5-7-15(8-6-14)17(24)20-19-22-21-18(26-19)16-9-10-25-12-16/h5-10,12-13H,4,11H2,1-3H3,(H,20,22,24). The third-order valence-corrected chi connectivity index (χ3v) is 5.72. The van der Waals surface area contributed by atoms with Crippen LogP contribution in [0.25, 0.3) is 10.6 Å². The molecule has 0 radical (unpaired) electrons. The Morgan fingerprint density at radius 2 is 1.96 bits per heavy atom. The fraction of sp³-hybridized carbons (Fsp3) is 0.316. The van der Waals surface area contributed by atoms with Crippen molar-refractivity contribution >= 4 is 33.7 Å². The van der Waals surface area contributed by atoms with Crippen LogP contribution in [0, 0.1) is 0 Å². The van der Waals surface area contributed by atoms with E-state index in [-0.39, 0.29) is 5.91 Å². The van der Waals surface area contributed by atoms with E-state index in [9.17, 15) is 4.79 Å². The second kappa shape index (κ2) is 8.53. The van der Waals surface area contributed by atoms with Gasteiger partial charge in [-0.1, -0.05) is 30.4 Å². The highest BCUT2D eigenvalue weighted by Crippen LogP contribution is 2.28. The summed E-state index contributed by atoms with van der Waals surface area (Å²) in [6.07, 6.45) is 0. The number of anilines is 1. The van der Waals surface area contributed by atoms with Crippen molar-refractivity contribution in [3.05, 3.63) is 52.2 Å². The van der Waals surface area contributed by atoms with Crippen molar-refractivity contribution in [3.8, 4) is 10.6 Å². The summed E-state index contributed by atoms with van der Waals surface area (Å²) in [5, 5.41) is 16.4. The zero-order valence-electron chi connectivity index (χ0n) is 15.1. The lowest BCUT2D eigenvalue weighted by atomic mass is 10.1. The lowest BCUT2D eigenvalue weighted by Gasteiger charge is -2.24. The molecular weight excluding hydrogens is 364 g/mol. The highest BCUT2D eigenvalue weighted by atomic mass is 32.1. The van der Waals surface area contributed by atoms with E-state index in [0.29, 0.717) is 16.7 Å². The molecule has 0 spiro atoms. The van der Waals surface area contributed by atoms with Gasteiger partial charge in [0.05, 0.1) is 0 Å². The van der Waals surface area contributed by atoms with Gasteiger partial charge in [-0.2, -0.15) is 11.3 Å². The van der Waals surface area contributed by atoms with Crippen molar-refractivity contribution in [1.82, 2.24) is 15.1 Å². The van der Waals surface area contributed by atoms with E-state index in [0.717, 1.165) is 23.7 Å². The molecule has 0 aliphatic heterocycles. The molecule has 0 unspecified atom stereocenters. The molecule has 1 N–H and O–H groups in total. The number of hydrogen-bond acceptors (Lipinski definition) is 6. The van der Waals surface area contributed by atoms with E-state index in [1.807, 2.05) is 41.1 Å². The van der Waals surface area contributed by atoms with Crippen molar-refractivity contribution in [2.45, 2.75) is 33.4 Å². The van der Waals surface area contributed by atoms with Gasteiger partial charge < -0.3 is 0 Å². The van der Waals surface area contributed by atoms with Gasteiger partial charge in [-0.25, -0.2) is 0 Å². The molecule has 0 saturated carbocycles. The molecule has 3 rings (SSSR count). The minimum absolute atomic E-state index is 0.166. The van der Waals surface area contributed by atoms with Gasteiger partial charge in [-0.3, -0.25) is 15.0 Å². The quantitative estimate of drug-likeness (QED) is 0.637. The first-order valence-corrected chi connectivity index (χ1v) is 10.3. The Morgan fingerprint density at radius 3 is 2.58 bits per heavy atom. The van der Waals surface area contributed by atoms with E-state index >= 15 is 0 Å². The Bertz CT molecular complexity index is 841. The topological polar surface area (TPSA) is 58.1 Å². The highest BCUT2D eigenvalue weighted by molar-refractivity contribution is 7.19. The molecule has 0 bridgehead atoms. The summed E-state index contributed by atoms with van der Waals surface area (Å²) in [4.78, 5) is 14.8. The van der Waals surface area contributed by atoms with Crippen LogP contribution in [0.4, 0.5) is 5.13 Å². The number of aromatic nitrogens is 2. The average molecular weight is 387 g/mol. The molecule has 136 valence electrons. The maximum absolute atomic E-state index is 12.4. The van der Waals surface area contributed by atoms with Crippen LogP contribution in [0.5, 0.6) is 0 Å². The molecule has 2 heterocycles. The van der Waals surface area contributed by atoms with Crippen LogP contribution in [0.15, 0.2) is 41.1 Å². The summed E-state index contributed by atoms with van der Waals surface area (Å²) >= 11 is 2.99. The maximum Gasteiger partial charge on any atom is 0.257 e. The van der Waals surface area contributed by atoms with Crippen molar-refractivity contribution in [2.24, 2.45) is 0 Å². The summed E-state index contributed by atoms with van der Waals surface area (Å²) in [5.41, 5.74) is 2.85. The first kappa shape index (κ1) is 18.7. The number of amides is 1. The molecule has 0 aliphatic rings. The normalized spacial score (nSPS) is 11.3. The molecule has 5 nitrogen and oxygen atoms in total. The van der Waals surface area contributed by atoms with E-state index in [1.165, 1.54) is 16.9 Å². The molecule has 0 fully saturated rings. The molecule has 1 aromatic carbocycles. The van der Waals surface area contributed by atoms with Gasteiger partial charge in [0.15, 0.2) is 0 Å². The second-order valence-electron chi connectivity index (χ2n) is 6.23. The monoisotopic (exact) mass is 386 g/mol.